The van der Waals surface area contributed by atoms with Crippen molar-refractivity contribution in [2.45, 2.75) is 13.0 Å². The van der Waals surface area contributed by atoms with Crippen molar-refractivity contribution in [3.63, 3.8) is 0 Å². The molecule has 2 aromatic rings. The molecule has 6 nitrogen and oxygen atoms in total. The fourth-order valence-corrected chi connectivity index (χ4v) is 3.14. The molecule has 0 radical (unpaired) electrons. The van der Waals surface area contributed by atoms with Gasteiger partial charge in [-0.2, -0.15) is 0 Å². The maximum Gasteiger partial charge on any atom is 0.317 e. The van der Waals surface area contributed by atoms with Crippen LogP contribution in [0.3, 0.4) is 0 Å². The zero-order valence-corrected chi connectivity index (χ0v) is 14.5. The number of fused-ring (bicyclic) bond motifs is 1. The number of ether oxygens (including phenoxy) is 3. The van der Waals surface area contributed by atoms with E-state index in [2.05, 4.69) is 5.32 Å². The summed E-state index contributed by atoms with van der Waals surface area (Å²) in [6, 6.07) is 9.36. The van der Waals surface area contributed by atoms with Crippen molar-refractivity contribution in [3.8, 4) is 17.2 Å². The summed E-state index contributed by atoms with van der Waals surface area (Å²) < 4.78 is 16.2. The lowest BCUT2D eigenvalue weighted by atomic mass is 10.2. The third kappa shape index (κ3) is 3.73. The number of nitrogens with zero attached hydrogens (tertiary/aromatic N) is 1. The Morgan fingerprint density at radius 2 is 2.21 bits per heavy atom. The van der Waals surface area contributed by atoms with Crippen molar-refractivity contribution in [2.24, 2.45) is 0 Å². The zero-order valence-electron chi connectivity index (χ0n) is 13.7. The molecule has 0 aliphatic carbocycles. The van der Waals surface area contributed by atoms with Gasteiger partial charge in [0.15, 0.2) is 11.5 Å². The second-order valence-electron chi connectivity index (χ2n) is 5.40. The third-order valence-electron chi connectivity index (χ3n) is 3.85. The van der Waals surface area contributed by atoms with Crippen LogP contribution in [0.4, 0.5) is 4.79 Å². The minimum Gasteiger partial charge on any atom is -0.492 e. The maximum atomic E-state index is 12.2. The molecule has 0 fully saturated rings. The number of benzene rings is 1. The van der Waals surface area contributed by atoms with Gasteiger partial charge in [-0.05, 0) is 30.5 Å². The van der Waals surface area contributed by atoms with Gasteiger partial charge in [-0.15, -0.1) is 11.3 Å². The minimum atomic E-state index is -0.120. The van der Waals surface area contributed by atoms with Gasteiger partial charge in [-0.1, -0.05) is 6.07 Å². The van der Waals surface area contributed by atoms with Crippen LogP contribution in [0.1, 0.15) is 17.8 Å². The Balaban J connectivity index is 1.42. The molecule has 1 aliphatic heterocycles. The SMILES string of the molecule is CC(c1cccs1)N(C)C(=O)NCCOc1ccc2c(c1)OCO2. The van der Waals surface area contributed by atoms with Crippen LogP contribution in [-0.2, 0) is 0 Å². The molecule has 0 saturated carbocycles. The molecule has 1 aromatic heterocycles. The number of hydrogen-bond acceptors (Lipinski definition) is 5. The summed E-state index contributed by atoms with van der Waals surface area (Å²) in [5, 5.41) is 4.87. The lowest BCUT2D eigenvalue weighted by molar-refractivity contribution is 0.173. The molecule has 1 unspecified atom stereocenters. The lowest BCUT2D eigenvalue weighted by Gasteiger charge is -2.24. The van der Waals surface area contributed by atoms with Crippen LogP contribution < -0.4 is 19.5 Å². The number of urea groups is 1. The molecular weight excluding hydrogens is 328 g/mol. The Bertz CT molecular complexity index is 690. The van der Waals surface area contributed by atoms with E-state index in [-0.39, 0.29) is 18.9 Å². The normalized spacial score (nSPS) is 13.4. The average molecular weight is 348 g/mol. The predicted octanol–water partition coefficient (Wildman–Crippen LogP) is 3.26. The van der Waals surface area contributed by atoms with Gasteiger partial charge in [0, 0.05) is 18.0 Å². The molecule has 7 heteroatoms. The summed E-state index contributed by atoms with van der Waals surface area (Å²) >= 11 is 1.64. The van der Waals surface area contributed by atoms with Crippen LogP contribution in [-0.4, -0.2) is 37.9 Å². The number of nitrogens with one attached hydrogen (secondary N) is 1. The molecule has 0 bridgehead atoms. The summed E-state index contributed by atoms with van der Waals surface area (Å²) in [5.74, 6) is 2.09. The van der Waals surface area contributed by atoms with Crippen LogP contribution in [0.2, 0.25) is 0 Å². The highest BCUT2D eigenvalue weighted by molar-refractivity contribution is 7.10. The molecule has 3 rings (SSSR count). The van der Waals surface area contributed by atoms with Crippen LogP contribution >= 0.6 is 11.3 Å². The molecule has 1 N–H and O–H groups in total. The second-order valence-corrected chi connectivity index (χ2v) is 6.38. The van der Waals surface area contributed by atoms with E-state index in [0.29, 0.717) is 24.7 Å². The molecule has 128 valence electrons. The largest absolute Gasteiger partial charge is 0.492 e. The molecule has 1 aliphatic rings. The lowest BCUT2D eigenvalue weighted by Crippen LogP contribution is -2.40. The van der Waals surface area contributed by atoms with E-state index in [9.17, 15) is 4.79 Å². The van der Waals surface area contributed by atoms with E-state index in [0.717, 1.165) is 10.6 Å². The van der Waals surface area contributed by atoms with Gasteiger partial charge in [0.1, 0.15) is 12.4 Å². The molecule has 1 aromatic carbocycles. The maximum absolute atomic E-state index is 12.2. The van der Waals surface area contributed by atoms with Crippen molar-refractivity contribution in [1.29, 1.82) is 0 Å². The summed E-state index contributed by atoms with van der Waals surface area (Å²) in [6.45, 7) is 3.06. The van der Waals surface area contributed by atoms with Gasteiger partial charge in [0.2, 0.25) is 6.79 Å². The first-order chi connectivity index (χ1) is 11.6. The van der Waals surface area contributed by atoms with Crippen LogP contribution in [0.25, 0.3) is 0 Å². The number of carbonyl (C=O) groups is 1. The van der Waals surface area contributed by atoms with Crippen molar-refractivity contribution < 1.29 is 19.0 Å². The van der Waals surface area contributed by atoms with E-state index in [1.165, 1.54) is 0 Å². The van der Waals surface area contributed by atoms with E-state index in [1.807, 2.05) is 36.6 Å². The summed E-state index contributed by atoms with van der Waals surface area (Å²) in [7, 11) is 1.79. The summed E-state index contributed by atoms with van der Waals surface area (Å²) in [4.78, 5) is 15.0. The zero-order chi connectivity index (χ0) is 16.9. The number of hydrogen-bond donors (Lipinski definition) is 1. The van der Waals surface area contributed by atoms with Gasteiger partial charge in [-0.3, -0.25) is 0 Å². The average Bonchev–Trinajstić information content (AvgIpc) is 3.27. The predicted molar refractivity (Wildman–Crippen MR) is 92.0 cm³/mol. The molecule has 2 amide bonds. The monoisotopic (exact) mass is 348 g/mol. The fourth-order valence-electron chi connectivity index (χ4n) is 2.31. The Kier molecular flexibility index (Phi) is 5.10. The fraction of sp³-hybridized carbons (Fsp3) is 0.353. The Hall–Kier alpha value is -2.41. The van der Waals surface area contributed by atoms with E-state index in [4.69, 9.17) is 14.2 Å². The number of amides is 2. The first kappa shape index (κ1) is 16.4. The van der Waals surface area contributed by atoms with E-state index >= 15 is 0 Å². The highest BCUT2D eigenvalue weighted by Gasteiger charge is 2.18. The number of rotatable bonds is 6. The highest BCUT2D eigenvalue weighted by atomic mass is 32.1. The summed E-state index contributed by atoms with van der Waals surface area (Å²) in [6.07, 6.45) is 0. The van der Waals surface area contributed by atoms with Crippen molar-refractivity contribution >= 4 is 17.4 Å². The van der Waals surface area contributed by atoms with Gasteiger partial charge < -0.3 is 24.4 Å². The standard InChI is InChI=1S/C17H20N2O4S/c1-12(16-4-3-9-24-16)19(2)17(20)18-7-8-21-13-5-6-14-15(10-13)23-11-22-14/h3-6,9-10,12H,7-8,11H2,1-2H3,(H,18,20). The topological polar surface area (TPSA) is 60.0 Å². The molecule has 1 atom stereocenters. The smallest absolute Gasteiger partial charge is 0.317 e. The van der Waals surface area contributed by atoms with Crippen LogP contribution in [0.5, 0.6) is 17.2 Å². The first-order valence-corrected chi connectivity index (χ1v) is 8.59. The molecular formula is C17H20N2O4S. The van der Waals surface area contributed by atoms with Gasteiger partial charge in [0.05, 0.1) is 12.6 Å². The van der Waals surface area contributed by atoms with Crippen molar-refractivity contribution in [1.82, 2.24) is 10.2 Å². The molecule has 0 spiro atoms. The Morgan fingerprint density at radius 1 is 1.38 bits per heavy atom. The van der Waals surface area contributed by atoms with Crippen molar-refractivity contribution in [2.75, 3.05) is 27.0 Å². The Labute approximate surface area is 144 Å². The van der Waals surface area contributed by atoms with Crippen LogP contribution in [0.15, 0.2) is 35.7 Å². The first-order valence-electron chi connectivity index (χ1n) is 7.71. The molecule has 2 heterocycles. The number of carbonyl (C=O) groups excluding carboxylic acids is 1. The summed E-state index contributed by atoms with van der Waals surface area (Å²) in [5.41, 5.74) is 0. The second kappa shape index (κ2) is 7.44. The molecule has 24 heavy (non-hydrogen) atoms. The number of thiophene rings is 1. The highest BCUT2D eigenvalue weighted by Crippen LogP contribution is 2.35. The van der Waals surface area contributed by atoms with Crippen molar-refractivity contribution in [3.05, 3.63) is 40.6 Å². The van der Waals surface area contributed by atoms with E-state index < -0.39 is 0 Å². The quantitative estimate of drug-likeness (QED) is 0.814. The van der Waals surface area contributed by atoms with Gasteiger partial charge in [0.25, 0.3) is 0 Å². The van der Waals surface area contributed by atoms with E-state index in [1.54, 1.807) is 29.4 Å². The van der Waals surface area contributed by atoms with Crippen LogP contribution in [0, 0.1) is 0 Å². The molecule has 0 saturated heterocycles. The Morgan fingerprint density at radius 3 is 3.00 bits per heavy atom. The third-order valence-corrected chi connectivity index (χ3v) is 4.89. The van der Waals surface area contributed by atoms with Gasteiger partial charge in [-0.25, -0.2) is 4.79 Å². The minimum absolute atomic E-state index is 0.0415. The van der Waals surface area contributed by atoms with Gasteiger partial charge >= 0.3 is 6.03 Å².